The Morgan fingerprint density at radius 2 is 2.09 bits per heavy atom. The number of benzene rings is 1. The number of aromatic nitrogens is 1. The van der Waals surface area contributed by atoms with E-state index in [0.717, 1.165) is 11.1 Å². The highest BCUT2D eigenvalue weighted by molar-refractivity contribution is 5.98. The predicted molar refractivity (Wildman–Crippen MR) is 79.0 cm³/mol. The average molecular weight is 298 g/mol. The largest absolute Gasteiger partial charge is 0.481 e. The van der Waals surface area contributed by atoms with E-state index in [1.807, 2.05) is 6.07 Å². The van der Waals surface area contributed by atoms with Crippen LogP contribution >= 0.6 is 0 Å². The number of fused-ring (bicyclic) bond motifs is 1. The van der Waals surface area contributed by atoms with Crippen molar-refractivity contribution in [3.8, 4) is 17.1 Å². The Kier molecular flexibility index (Phi) is 3.29. The maximum absolute atomic E-state index is 11.9. The van der Waals surface area contributed by atoms with Crippen molar-refractivity contribution in [2.45, 2.75) is 6.54 Å². The van der Waals surface area contributed by atoms with E-state index in [1.165, 1.54) is 19.2 Å². The Bertz CT molecular complexity index is 786. The molecule has 0 radical (unpaired) electrons. The van der Waals surface area contributed by atoms with Gasteiger partial charge in [0.15, 0.2) is 0 Å². The molecule has 0 unspecified atom stereocenters. The van der Waals surface area contributed by atoms with Gasteiger partial charge in [0.25, 0.3) is 5.91 Å². The Morgan fingerprint density at radius 3 is 2.77 bits per heavy atom. The van der Waals surface area contributed by atoms with Gasteiger partial charge in [-0.3, -0.25) is 4.79 Å². The molecule has 22 heavy (non-hydrogen) atoms. The normalized spacial score (nSPS) is 13.2. The van der Waals surface area contributed by atoms with Crippen molar-refractivity contribution in [3.05, 3.63) is 47.0 Å². The van der Waals surface area contributed by atoms with Crippen molar-refractivity contribution >= 4 is 11.9 Å². The van der Waals surface area contributed by atoms with E-state index in [4.69, 9.17) is 9.84 Å². The van der Waals surface area contributed by atoms with E-state index in [1.54, 1.807) is 24.1 Å². The number of hydrogen-bond donors (Lipinski definition) is 1. The molecule has 2 aromatic rings. The Hall–Kier alpha value is -2.89. The molecule has 1 N–H and O–H groups in total. The number of ether oxygens (including phenoxy) is 1. The monoisotopic (exact) mass is 298 g/mol. The number of pyridine rings is 1. The van der Waals surface area contributed by atoms with Gasteiger partial charge in [-0.05, 0) is 23.8 Å². The summed E-state index contributed by atoms with van der Waals surface area (Å²) < 4.78 is 5.06. The lowest BCUT2D eigenvalue weighted by molar-refractivity contribution is 0.0695. The zero-order valence-electron chi connectivity index (χ0n) is 12.2. The SMILES string of the molecule is COc1cc(C(=O)O)cc(-c2ccc3c(c2)CN(C)C3=O)n1. The molecule has 0 spiro atoms. The summed E-state index contributed by atoms with van der Waals surface area (Å²) in [6.07, 6.45) is 0. The van der Waals surface area contributed by atoms with Crippen LogP contribution in [-0.4, -0.2) is 41.0 Å². The number of carbonyl (C=O) groups is 2. The number of carboxylic acid groups (broad SMARTS) is 1. The minimum Gasteiger partial charge on any atom is -0.481 e. The van der Waals surface area contributed by atoms with Crippen molar-refractivity contribution in [3.63, 3.8) is 0 Å². The molecule has 1 aromatic carbocycles. The van der Waals surface area contributed by atoms with E-state index >= 15 is 0 Å². The van der Waals surface area contributed by atoms with Crippen LogP contribution in [0, 0.1) is 0 Å². The quantitative estimate of drug-likeness (QED) is 0.938. The molecule has 0 aliphatic carbocycles. The average Bonchev–Trinajstić information content (AvgIpc) is 2.81. The first kappa shape index (κ1) is 14.1. The van der Waals surface area contributed by atoms with Gasteiger partial charge in [0, 0.05) is 30.8 Å². The van der Waals surface area contributed by atoms with Crippen molar-refractivity contribution < 1.29 is 19.4 Å². The van der Waals surface area contributed by atoms with Gasteiger partial charge < -0.3 is 14.7 Å². The molecule has 1 amide bonds. The van der Waals surface area contributed by atoms with E-state index < -0.39 is 5.97 Å². The number of hydrogen-bond acceptors (Lipinski definition) is 4. The summed E-state index contributed by atoms with van der Waals surface area (Å²) in [6, 6.07) is 8.25. The van der Waals surface area contributed by atoms with Crippen LogP contribution in [0.25, 0.3) is 11.3 Å². The van der Waals surface area contributed by atoms with Crippen LogP contribution in [0.2, 0.25) is 0 Å². The number of carboxylic acids is 1. The minimum absolute atomic E-state index is 0.00798. The molecule has 0 atom stereocenters. The molecular weight excluding hydrogens is 284 g/mol. The van der Waals surface area contributed by atoms with Crippen molar-refractivity contribution in [1.29, 1.82) is 0 Å². The molecule has 2 heterocycles. The second kappa shape index (κ2) is 5.14. The third-order valence-corrected chi connectivity index (χ3v) is 3.64. The van der Waals surface area contributed by atoms with Crippen LogP contribution < -0.4 is 4.74 Å². The van der Waals surface area contributed by atoms with Crippen LogP contribution in [0.4, 0.5) is 0 Å². The highest BCUT2D eigenvalue weighted by Crippen LogP contribution is 2.28. The van der Waals surface area contributed by atoms with Crippen LogP contribution in [0.5, 0.6) is 5.88 Å². The highest BCUT2D eigenvalue weighted by Gasteiger charge is 2.24. The fourth-order valence-corrected chi connectivity index (χ4v) is 2.51. The summed E-state index contributed by atoms with van der Waals surface area (Å²) in [4.78, 5) is 29.0. The molecule has 112 valence electrons. The van der Waals surface area contributed by atoms with Crippen molar-refractivity contribution in [2.24, 2.45) is 0 Å². The van der Waals surface area contributed by atoms with Crippen LogP contribution in [0.1, 0.15) is 26.3 Å². The molecule has 0 saturated carbocycles. The van der Waals surface area contributed by atoms with Gasteiger partial charge in [0.1, 0.15) is 0 Å². The number of methoxy groups -OCH3 is 1. The van der Waals surface area contributed by atoms with Crippen molar-refractivity contribution in [2.75, 3.05) is 14.2 Å². The third kappa shape index (κ3) is 2.28. The zero-order valence-corrected chi connectivity index (χ0v) is 12.2. The predicted octanol–water partition coefficient (Wildman–Crippen LogP) is 2.04. The standard InChI is InChI=1S/C16H14N2O4/c1-18-8-11-5-9(3-4-12(11)15(18)19)13-6-10(16(20)21)7-14(17-13)22-2/h3-7H,8H2,1-2H3,(H,20,21). The van der Waals surface area contributed by atoms with Crippen molar-refractivity contribution in [1.82, 2.24) is 9.88 Å². The lowest BCUT2D eigenvalue weighted by Crippen LogP contribution is -2.17. The molecule has 0 fully saturated rings. The molecule has 0 saturated heterocycles. The number of carbonyl (C=O) groups excluding carboxylic acids is 1. The number of rotatable bonds is 3. The van der Waals surface area contributed by atoms with Crippen LogP contribution in [0.3, 0.4) is 0 Å². The first-order chi connectivity index (χ1) is 10.5. The van der Waals surface area contributed by atoms with E-state index in [2.05, 4.69) is 4.98 Å². The molecule has 1 aromatic heterocycles. The molecule has 0 bridgehead atoms. The van der Waals surface area contributed by atoms with E-state index in [9.17, 15) is 9.59 Å². The summed E-state index contributed by atoms with van der Waals surface area (Å²) in [7, 11) is 3.18. The molecule has 1 aliphatic heterocycles. The maximum atomic E-state index is 11.9. The first-order valence-electron chi connectivity index (χ1n) is 6.67. The third-order valence-electron chi connectivity index (χ3n) is 3.64. The number of aromatic carboxylic acids is 1. The van der Waals surface area contributed by atoms with Gasteiger partial charge in [0.05, 0.1) is 18.4 Å². The van der Waals surface area contributed by atoms with Crippen LogP contribution in [0.15, 0.2) is 30.3 Å². The Balaban J connectivity index is 2.09. The smallest absolute Gasteiger partial charge is 0.335 e. The fraction of sp³-hybridized carbons (Fsp3) is 0.188. The number of nitrogens with zero attached hydrogens (tertiary/aromatic N) is 2. The summed E-state index contributed by atoms with van der Waals surface area (Å²) in [6.45, 7) is 0.539. The minimum atomic E-state index is -1.04. The number of amides is 1. The van der Waals surface area contributed by atoms with Gasteiger partial charge in [-0.1, -0.05) is 6.07 Å². The van der Waals surface area contributed by atoms with Gasteiger partial charge in [0.2, 0.25) is 5.88 Å². The first-order valence-corrected chi connectivity index (χ1v) is 6.67. The Morgan fingerprint density at radius 1 is 1.32 bits per heavy atom. The second-order valence-corrected chi connectivity index (χ2v) is 5.12. The lowest BCUT2D eigenvalue weighted by Gasteiger charge is -2.07. The fourth-order valence-electron chi connectivity index (χ4n) is 2.51. The van der Waals surface area contributed by atoms with Crippen LogP contribution in [-0.2, 0) is 6.54 Å². The topological polar surface area (TPSA) is 79.7 Å². The lowest BCUT2D eigenvalue weighted by atomic mass is 10.0. The Labute approximate surface area is 127 Å². The molecule has 1 aliphatic rings. The van der Waals surface area contributed by atoms with Gasteiger partial charge >= 0.3 is 5.97 Å². The van der Waals surface area contributed by atoms with E-state index in [-0.39, 0.29) is 17.4 Å². The van der Waals surface area contributed by atoms with Gasteiger partial charge in [-0.25, -0.2) is 9.78 Å². The highest BCUT2D eigenvalue weighted by atomic mass is 16.5. The molecule has 3 rings (SSSR count). The van der Waals surface area contributed by atoms with Gasteiger partial charge in [-0.2, -0.15) is 0 Å². The van der Waals surface area contributed by atoms with Gasteiger partial charge in [-0.15, -0.1) is 0 Å². The van der Waals surface area contributed by atoms with E-state index in [0.29, 0.717) is 17.8 Å². The molecular formula is C16H14N2O4. The summed E-state index contributed by atoms with van der Waals surface area (Å²) in [5.74, 6) is -0.812. The maximum Gasteiger partial charge on any atom is 0.335 e. The summed E-state index contributed by atoms with van der Waals surface area (Å²) >= 11 is 0. The zero-order chi connectivity index (χ0) is 15.9. The second-order valence-electron chi connectivity index (χ2n) is 5.12. The molecule has 6 nitrogen and oxygen atoms in total. The summed E-state index contributed by atoms with van der Waals surface area (Å²) in [5.41, 5.74) is 2.94. The summed E-state index contributed by atoms with van der Waals surface area (Å²) in [5, 5.41) is 9.17. The molecule has 6 heteroatoms.